The molecular formula is C19H18BrN5O3. The van der Waals surface area contributed by atoms with Gasteiger partial charge in [-0.1, -0.05) is 28.1 Å². The topological polar surface area (TPSA) is 101 Å². The lowest BCUT2D eigenvalue weighted by Gasteiger charge is -2.11. The first kappa shape index (κ1) is 19.6. The first-order valence-electron chi connectivity index (χ1n) is 8.33. The summed E-state index contributed by atoms with van der Waals surface area (Å²) in [5.41, 5.74) is 4.53. The number of aromatic nitrogens is 3. The van der Waals surface area contributed by atoms with Gasteiger partial charge in [0, 0.05) is 4.47 Å². The second-order valence-electron chi connectivity index (χ2n) is 5.77. The number of anilines is 1. The quantitative estimate of drug-likeness (QED) is 0.429. The van der Waals surface area contributed by atoms with Gasteiger partial charge in [0.15, 0.2) is 17.3 Å². The molecule has 1 aromatic heterocycles. The molecule has 8 nitrogen and oxygen atoms in total. The molecule has 3 aromatic rings. The summed E-state index contributed by atoms with van der Waals surface area (Å²) in [7, 11) is 1.58. The molecule has 1 heterocycles. The van der Waals surface area contributed by atoms with Gasteiger partial charge in [0.05, 0.1) is 13.3 Å². The molecule has 0 bridgehead atoms. The average molecular weight is 444 g/mol. The molecule has 0 spiro atoms. The van der Waals surface area contributed by atoms with Gasteiger partial charge in [0.1, 0.15) is 12.3 Å². The van der Waals surface area contributed by atoms with Crippen molar-refractivity contribution in [2.24, 2.45) is 5.10 Å². The van der Waals surface area contributed by atoms with Crippen LogP contribution in [0, 0.1) is 6.92 Å². The van der Waals surface area contributed by atoms with E-state index in [-0.39, 0.29) is 0 Å². The highest BCUT2D eigenvalue weighted by molar-refractivity contribution is 9.10. The predicted octanol–water partition coefficient (Wildman–Crippen LogP) is 3.27. The maximum Gasteiger partial charge on any atom is 0.363 e. The second kappa shape index (κ2) is 9.14. The van der Waals surface area contributed by atoms with Gasteiger partial charge in [-0.2, -0.15) is 15.2 Å². The molecular weight excluding hydrogens is 426 g/mol. The van der Waals surface area contributed by atoms with E-state index in [9.17, 15) is 4.79 Å². The average Bonchev–Trinajstić information content (AvgIpc) is 2.70. The van der Waals surface area contributed by atoms with Crippen LogP contribution in [0.2, 0.25) is 0 Å². The Kier molecular flexibility index (Phi) is 6.38. The Morgan fingerprint density at radius 2 is 2.00 bits per heavy atom. The van der Waals surface area contributed by atoms with Crippen LogP contribution in [0.3, 0.4) is 0 Å². The highest BCUT2D eigenvalue weighted by atomic mass is 79.9. The third kappa shape index (κ3) is 5.17. The number of hydrogen-bond donors (Lipinski definition) is 2. The van der Waals surface area contributed by atoms with Crippen molar-refractivity contribution in [2.45, 2.75) is 13.5 Å². The first-order chi connectivity index (χ1) is 13.5. The molecule has 3 rings (SSSR count). The third-order valence-electron chi connectivity index (χ3n) is 3.75. The molecule has 0 saturated heterocycles. The zero-order chi connectivity index (χ0) is 19.9. The van der Waals surface area contributed by atoms with E-state index in [0.29, 0.717) is 29.6 Å². The molecule has 144 valence electrons. The molecule has 0 aliphatic heterocycles. The van der Waals surface area contributed by atoms with Crippen molar-refractivity contribution < 1.29 is 9.47 Å². The molecule has 28 heavy (non-hydrogen) atoms. The number of aromatic amines is 1. The van der Waals surface area contributed by atoms with Crippen LogP contribution in [0.4, 0.5) is 5.82 Å². The molecule has 2 aromatic carbocycles. The molecule has 0 unspecified atom stereocenters. The van der Waals surface area contributed by atoms with Crippen molar-refractivity contribution in [3.8, 4) is 11.5 Å². The smallest absolute Gasteiger partial charge is 0.363 e. The van der Waals surface area contributed by atoms with Gasteiger partial charge >= 0.3 is 5.69 Å². The van der Waals surface area contributed by atoms with Crippen LogP contribution in [0.25, 0.3) is 0 Å². The Bertz CT molecular complexity index is 1030. The zero-order valence-electron chi connectivity index (χ0n) is 15.3. The van der Waals surface area contributed by atoms with Crippen LogP contribution >= 0.6 is 15.9 Å². The highest BCUT2D eigenvalue weighted by Gasteiger charge is 2.06. The summed E-state index contributed by atoms with van der Waals surface area (Å²) in [6.45, 7) is 2.14. The van der Waals surface area contributed by atoms with E-state index >= 15 is 0 Å². The van der Waals surface area contributed by atoms with Gasteiger partial charge < -0.3 is 9.47 Å². The number of nitrogens with one attached hydrogen (secondary N) is 2. The van der Waals surface area contributed by atoms with E-state index in [4.69, 9.17) is 9.47 Å². The number of halogens is 1. The van der Waals surface area contributed by atoms with Crippen molar-refractivity contribution in [2.75, 3.05) is 12.5 Å². The summed E-state index contributed by atoms with van der Waals surface area (Å²) < 4.78 is 12.3. The standard InChI is InChI=1S/C19H18BrN5O3/c1-12-18(22-19(26)25-23-12)24-21-10-14-5-8-16(17(9-14)27-2)28-11-13-3-6-15(20)7-4-13/h3-10H,11H2,1-2H3,(H2,22,24,25,26). The summed E-state index contributed by atoms with van der Waals surface area (Å²) in [6, 6.07) is 13.4. The summed E-state index contributed by atoms with van der Waals surface area (Å²) in [5.74, 6) is 1.52. The number of ether oxygens (including phenoxy) is 2. The minimum atomic E-state index is -0.544. The van der Waals surface area contributed by atoms with Gasteiger partial charge in [-0.05, 0) is 48.4 Å². The maximum atomic E-state index is 11.2. The van der Waals surface area contributed by atoms with Crippen LogP contribution in [0.1, 0.15) is 16.8 Å². The number of hydrogen-bond acceptors (Lipinski definition) is 7. The van der Waals surface area contributed by atoms with Gasteiger partial charge in [-0.15, -0.1) is 0 Å². The molecule has 0 fully saturated rings. The highest BCUT2D eigenvalue weighted by Crippen LogP contribution is 2.28. The van der Waals surface area contributed by atoms with E-state index in [1.165, 1.54) is 0 Å². The van der Waals surface area contributed by atoms with E-state index < -0.39 is 5.69 Å². The largest absolute Gasteiger partial charge is 0.493 e. The SMILES string of the molecule is COc1cc(C=NNc2nc(=O)[nH]nc2C)ccc1OCc1ccc(Br)cc1. The Balaban J connectivity index is 1.67. The van der Waals surface area contributed by atoms with E-state index in [0.717, 1.165) is 15.6 Å². The molecule has 0 aliphatic carbocycles. The molecule has 0 saturated carbocycles. The minimum absolute atomic E-state index is 0.293. The lowest BCUT2D eigenvalue weighted by atomic mass is 10.2. The number of hydrazone groups is 1. The van der Waals surface area contributed by atoms with E-state index in [1.807, 2.05) is 36.4 Å². The van der Waals surface area contributed by atoms with Crippen molar-refractivity contribution in [3.05, 3.63) is 74.2 Å². The fourth-order valence-corrected chi connectivity index (χ4v) is 2.56. The number of aryl methyl sites for hydroxylation is 1. The number of H-pyrrole nitrogens is 1. The van der Waals surface area contributed by atoms with Gasteiger partial charge in [-0.25, -0.2) is 9.89 Å². The van der Waals surface area contributed by atoms with E-state index in [1.54, 1.807) is 26.3 Å². The van der Waals surface area contributed by atoms with Crippen LogP contribution in [0.5, 0.6) is 11.5 Å². The zero-order valence-corrected chi connectivity index (χ0v) is 16.9. The van der Waals surface area contributed by atoms with Gasteiger partial charge in [0.2, 0.25) is 0 Å². The van der Waals surface area contributed by atoms with Crippen LogP contribution in [-0.2, 0) is 6.61 Å². The fraction of sp³-hybridized carbons (Fsp3) is 0.158. The van der Waals surface area contributed by atoms with Gasteiger partial charge in [0.25, 0.3) is 0 Å². The summed E-state index contributed by atoms with van der Waals surface area (Å²) in [6.07, 6.45) is 1.59. The van der Waals surface area contributed by atoms with Crippen molar-refractivity contribution in [1.82, 2.24) is 15.2 Å². The fourth-order valence-electron chi connectivity index (χ4n) is 2.29. The van der Waals surface area contributed by atoms with E-state index in [2.05, 4.69) is 41.6 Å². The lowest BCUT2D eigenvalue weighted by molar-refractivity contribution is 0.284. The Morgan fingerprint density at radius 1 is 1.21 bits per heavy atom. The first-order valence-corrected chi connectivity index (χ1v) is 9.12. The normalized spacial score (nSPS) is 10.8. The second-order valence-corrected chi connectivity index (χ2v) is 6.69. The summed E-state index contributed by atoms with van der Waals surface area (Å²) in [5, 5.41) is 10.2. The molecule has 0 atom stereocenters. The summed E-state index contributed by atoms with van der Waals surface area (Å²) in [4.78, 5) is 15.0. The molecule has 2 N–H and O–H groups in total. The maximum absolute atomic E-state index is 11.2. The van der Waals surface area contributed by atoms with Gasteiger partial charge in [-0.3, -0.25) is 5.43 Å². The molecule has 0 aliphatic rings. The Hall–Kier alpha value is -3.20. The number of nitrogens with zero attached hydrogens (tertiary/aromatic N) is 3. The molecule has 0 amide bonds. The van der Waals surface area contributed by atoms with Crippen LogP contribution in [0.15, 0.2) is 56.8 Å². The van der Waals surface area contributed by atoms with Crippen molar-refractivity contribution in [3.63, 3.8) is 0 Å². The molecule has 9 heteroatoms. The Morgan fingerprint density at radius 3 is 2.75 bits per heavy atom. The third-order valence-corrected chi connectivity index (χ3v) is 4.28. The van der Waals surface area contributed by atoms with Crippen LogP contribution in [-0.4, -0.2) is 28.5 Å². The monoisotopic (exact) mass is 443 g/mol. The Labute approximate surface area is 169 Å². The minimum Gasteiger partial charge on any atom is -0.493 e. The number of rotatable bonds is 7. The number of methoxy groups -OCH3 is 1. The lowest BCUT2D eigenvalue weighted by Crippen LogP contribution is -2.15. The molecule has 0 radical (unpaired) electrons. The predicted molar refractivity (Wildman–Crippen MR) is 110 cm³/mol. The van der Waals surface area contributed by atoms with Crippen molar-refractivity contribution >= 4 is 28.0 Å². The van der Waals surface area contributed by atoms with Crippen molar-refractivity contribution in [1.29, 1.82) is 0 Å². The number of benzene rings is 2. The summed E-state index contributed by atoms with van der Waals surface area (Å²) >= 11 is 3.41. The van der Waals surface area contributed by atoms with Crippen LogP contribution < -0.4 is 20.6 Å².